The first kappa shape index (κ1) is 17.0. The summed E-state index contributed by atoms with van der Waals surface area (Å²) in [5.74, 6) is 0.113. The zero-order valence-electron chi connectivity index (χ0n) is 14.2. The number of halogens is 1. The van der Waals surface area contributed by atoms with Crippen LogP contribution in [-0.2, 0) is 23.3 Å². The van der Waals surface area contributed by atoms with Gasteiger partial charge >= 0.3 is 0 Å². The zero-order chi connectivity index (χ0) is 18.0. The van der Waals surface area contributed by atoms with E-state index in [1.165, 1.54) is 6.33 Å². The molecule has 0 bridgehead atoms. The number of amides is 1. The van der Waals surface area contributed by atoms with Crippen molar-refractivity contribution in [2.75, 3.05) is 0 Å². The Bertz CT molecular complexity index is 902. The highest BCUT2D eigenvalue weighted by molar-refractivity contribution is 9.10. The second-order valence-electron chi connectivity index (χ2n) is 6.68. The minimum atomic E-state index is -0.348. The maximum Gasteiger partial charge on any atom is 0.230 e. The first-order valence-corrected chi connectivity index (χ1v) is 9.40. The van der Waals surface area contributed by atoms with E-state index in [1.54, 1.807) is 11.0 Å². The lowest BCUT2D eigenvalue weighted by molar-refractivity contribution is -0.123. The summed E-state index contributed by atoms with van der Waals surface area (Å²) in [6.45, 7) is 1.20. The van der Waals surface area contributed by atoms with Gasteiger partial charge in [0.05, 0.1) is 12.0 Å². The third kappa shape index (κ3) is 3.55. The normalized spacial score (nSPS) is 14.8. The Labute approximate surface area is 160 Å². The van der Waals surface area contributed by atoms with Crippen molar-refractivity contribution >= 4 is 21.8 Å². The number of hydrogen-bond acceptors (Lipinski definition) is 3. The number of benzene rings is 2. The highest BCUT2D eigenvalue weighted by atomic mass is 79.9. The van der Waals surface area contributed by atoms with Crippen molar-refractivity contribution in [1.82, 2.24) is 20.1 Å². The van der Waals surface area contributed by atoms with Crippen LogP contribution in [0, 0.1) is 0 Å². The second-order valence-corrected chi connectivity index (χ2v) is 7.60. The number of nitrogens with zero attached hydrogens (tertiary/aromatic N) is 3. The van der Waals surface area contributed by atoms with Crippen LogP contribution in [-0.4, -0.2) is 20.7 Å². The van der Waals surface area contributed by atoms with Crippen molar-refractivity contribution in [3.63, 3.8) is 0 Å². The van der Waals surface area contributed by atoms with Gasteiger partial charge in [-0.2, -0.15) is 5.10 Å². The summed E-state index contributed by atoms with van der Waals surface area (Å²) in [7, 11) is 0. The molecule has 3 aromatic rings. The van der Waals surface area contributed by atoms with Gasteiger partial charge in [-0.15, -0.1) is 0 Å². The minimum absolute atomic E-state index is 0.113. The number of hydrogen-bond donors (Lipinski definition) is 1. The number of aromatic nitrogens is 3. The molecule has 0 aliphatic heterocycles. The summed E-state index contributed by atoms with van der Waals surface area (Å²) < 4.78 is 2.81. The Morgan fingerprint density at radius 2 is 1.92 bits per heavy atom. The fraction of sp³-hybridized carbons (Fsp3) is 0.250. The van der Waals surface area contributed by atoms with Crippen molar-refractivity contribution in [2.45, 2.75) is 31.3 Å². The second kappa shape index (κ2) is 7.03. The van der Waals surface area contributed by atoms with E-state index in [0.717, 1.165) is 34.0 Å². The lowest BCUT2D eigenvalue weighted by Crippen LogP contribution is -2.34. The van der Waals surface area contributed by atoms with E-state index >= 15 is 0 Å². The Hall–Kier alpha value is -2.47. The largest absolute Gasteiger partial charge is 0.351 e. The summed E-state index contributed by atoms with van der Waals surface area (Å²) in [5, 5.41) is 7.24. The van der Waals surface area contributed by atoms with Gasteiger partial charge in [-0.25, -0.2) is 9.67 Å². The molecule has 1 aliphatic carbocycles. The van der Waals surface area contributed by atoms with Crippen LogP contribution < -0.4 is 5.32 Å². The van der Waals surface area contributed by atoms with Crippen LogP contribution in [0.25, 0.3) is 0 Å². The van der Waals surface area contributed by atoms with Crippen molar-refractivity contribution in [3.05, 3.63) is 82.3 Å². The molecule has 6 heteroatoms. The first-order chi connectivity index (χ1) is 12.7. The van der Waals surface area contributed by atoms with Crippen molar-refractivity contribution < 1.29 is 4.79 Å². The monoisotopic (exact) mass is 410 g/mol. The predicted octanol–water partition coefficient (Wildman–Crippen LogP) is 3.44. The Morgan fingerprint density at radius 1 is 1.15 bits per heavy atom. The van der Waals surface area contributed by atoms with Crippen LogP contribution in [0.2, 0.25) is 0 Å². The summed E-state index contributed by atoms with van der Waals surface area (Å²) in [6.07, 6.45) is 5.05. The van der Waals surface area contributed by atoms with E-state index in [-0.39, 0.29) is 11.3 Å². The van der Waals surface area contributed by atoms with Crippen molar-refractivity contribution in [2.24, 2.45) is 0 Å². The third-order valence-electron chi connectivity index (χ3n) is 4.84. The maximum absolute atomic E-state index is 12.8. The lowest BCUT2D eigenvalue weighted by atomic mass is 9.95. The molecule has 0 unspecified atom stereocenters. The smallest absolute Gasteiger partial charge is 0.230 e. The van der Waals surface area contributed by atoms with Crippen LogP contribution >= 0.6 is 15.9 Å². The van der Waals surface area contributed by atoms with Gasteiger partial charge in [0.1, 0.15) is 12.7 Å². The molecule has 1 aliphatic rings. The molecule has 2 aromatic carbocycles. The maximum atomic E-state index is 12.8. The molecule has 1 N–H and O–H groups in total. The highest BCUT2D eigenvalue weighted by Crippen LogP contribution is 2.48. The zero-order valence-corrected chi connectivity index (χ0v) is 15.8. The summed E-state index contributed by atoms with van der Waals surface area (Å²) in [6, 6.07) is 16.3. The standard InChI is InChI=1S/C20H19BrN4O/c21-18-6-4-17(5-7-18)20(8-9-20)19(26)23-11-15-2-1-3-16(10-15)12-25-14-22-13-24-25/h1-7,10,13-14H,8-9,11-12H2,(H,23,26). The van der Waals surface area contributed by atoms with Gasteiger partial charge in [0.25, 0.3) is 0 Å². The number of nitrogens with one attached hydrogen (secondary N) is 1. The van der Waals surface area contributed by atoms with E-state index in [1.807, 2.05) is 36.4 Å². The van der Waals surface area contributed by atoms with Gasteiger partial charge < -0.3 is 5.32 Å². The first-order valence-electron chi connectivity index (χ1n) is 8.60. The molecule has 1 heterocycles. The molecule has 132 valence electrons. The third-order valence-corrected chi connectivity index (χ3v) is 5.37. The predicted molar refractivity (Wildman–Crippen MR) is 102 cm³/mol. The highest BCUT2D eigenvalue weighted by Gasteiger charge is 2.50. The molecule has 0 atom stereocenters. The summed E-state index contributed by atoms with van der Waals surface area (Å²) in [4.78, 5) is 16.7. The van der Waals surface area contributed by atoms with Crippen LogP contribution in [0.3, 0.4) is 0 Å². The van der Waals surface area contributed by atoms with Crippen LogP contribution in [0.4, 0.5) is 0 Å². The molecule has 26 heavy (non-hydrogen) atoms. The molecular formula is C20H19BrN4O. The number of rotatable bonds is 6. The average Bonchev–Trinajstić information content (AvgIpc) is 3.31. The van der Waals surface area contributed by atoms with Crippen LogP contribution in [0.1, 0.15) is 29.5 Å². The van der Waals surface area contributed by atoms with Gasteiger partial charge in [-0.3, -0.25) is 4.79 Å². The molecule has 5 nitrogen and oxygen atoms in total. The Balaban J connectivity index is 1.41. The van der Waals surface area contributed by atoms with Crippen molar-refractivity contribution in [3.8, 4) is 0 Å². The van der Waals surface area contributed by atoms with E-state index in [0.29, 0.717) is 13.1 Å². The average molecular weight is 411 g/mol. The molecule has 1 fully saturated rings. The fourth-order valence-corrected chi connectivity index (χ4v) is 3.50. The molecule has 4 rings (SSSR count). The molecule has 0 saturated heterocycles. The van der Waals surface area contributed by atoms with Crippen LogP contribution in [0.15, 0.2) is 65.7 Å². The van der Waals surface area contributed by atoms with E-state index in [4.69, 9.17) is 0 Å². The number of carbonyl (C=O) groups is 1. The minimum Gasteiger partial charge on any atom is -0.351 e. The summed E-state index contributed by atoms with van der Waals surface area (Å²) in [5.41, 5.74) is 2.97. The molecule has 0 radical (unpaired) electrons. The lowest BCUT2D eigenvalue weighted by Gasteiger charge is -2.16. The molecule has 0 spiro atoms. The van der Waals surface area contributed by atoms with Crippen molar-refractivity contribution in [1.29, 1.82) is 0 Å². The molecule has 1 aromatic heterocycles. The van der Waals surface area contributed by atoms with Gasteiger partial charge in [0.2, 0.25) is 5.91 Å². The molecular weight excluding hydrogens is 392 g/mol. The Morgan fingerprint density at radius 3 is 2.62 bits per heavy atom. The number of carbonyl (C=O) groups excluding carboxylic acids is 1. The quantitative estimate of drug-likeness (QED) is 0.676. The van der Waals surface area contributed by atoms with Gasteiger partial charge in [0.15, 0.2) is 0 Å². The van der Waals surface area contributed by atoms with Gasteiger partial charge in [-0.1, -0.05) is 52.3 Å². The topological polar surface area (TPSA) is 59.8 Å². The van der Waals surface area contributed by atoms with E-state index in [2.05, 4.69) is 43.5 Å². The van der Waals surface area contributed by atoms with E-state index < -0.39 is 0 Å². The van der Waals surface area contributed by atoms with Gasteiger partial charge in [-0.05, 0) is 41.7 Å². The fourth-order valence-electron chi connectivity index (χ4n) is 3.23. The molecule has 1 saturated carbocycles. The van der Waals surface area contributed by atoms with Gasteiger partial charge in [0, 0.05) is 11.0 Å². The SMILES string of the molecule is O=C(NCc1cccc(Cn2cncn2)c1)C1(c2ccc(Br)cc2)CC1. The van der Waals surface area contributed by atoms with Crippen LogP contribution in [0.5, 0.6) is 0 Å². The Kier molecular flexibility index (Phi) is 4.59. The molecule has 1 amide bonds. The summed E-state index contributed by atoms with van der Waals surface area (Å²) >= 11 is 3.45. The van der Waals surface area contributed by atoms with E-state index in [9.17, 15) is 4.79 Å².